The van der Waals surface area contributed by atoms with Gasteiger partial charge < -0.3 is 24.4 Å². The minimum absolute atomic E-state index is 0.218. The molecule has 2 rings (SSSR count). The van der Waals surface area contributed by atoms with Crippen molar-refractivity contribution in [3.63, 3.8) is 0 Å². The van der Waals surface area contributed by atoms with Crippen LogP contribution in [-0.4, -0.2) is 39.6 Å². The lowest BCUT2D eigenvalue weighted by Gasteiger charge is -2.10. The van der Waals surface area contributed by atoms with E-state index in [-0.39, 0.29) is 12.5 Å². The highest BCUT2D eigenvalue weighted by Gasteiger charge is 2.07. The molecule has 0 atom stereocenters. The van der Waals surface area contributed by atoms with Gasteiger partial charge in [0.25, 0.3) is 5.91 Å². The van der Waals surface area contributed by atoms with Crippen LogP contribution in [0.3, 0.4) is 0 Å². The van der Waals surface area contributed by atoms with Gasteiger partial charge in [-0.25, -0.2) is 0 Å². The number of benzene rings is 2. The highest BCUT2D eigenvalue weighted by molar-refractivity contribution is 5.93. The standard InChI is InChI=1S/C19H22N2O5/c1-4-25-16-8-6-5-7-15(16)21-19(22)13-26-20-12-14-9-10-17(23-2)18(11-14)24-3/h5-12H,4,13H2,1-3H3,(H,21,22)/b20-12-. The number of methoxy groups -OCH3 is 2. The number of para-hydroxylation sites is 2. The molecule has 0 saturated carbocycles. The van der Waals surface area contributed by atoms with E-state index in [1.54, 1.807) is 44.6 Å². The van der Waals surface area contributed by atoms with Gasteiger partial charge in [-0.1, -0.05) is 17.3 Å². The highest BCUT2D eigenvalue weighted by atomic mass is 16.6. The smallest absolute Gasteiger partial charge is 0.265 e. The number of ether oxygens (including phenoxy) is 3. The molecule has 0 aromatic heterocycles. The van der Waals surface area contributed by atoms with Crippen LogP contribution in [-0.2, 0) is 9.63 Å². The summed E-state index contributed by atoms with van der Waals surface area (Å²) in [7, 11) is 3.12. The zero-order valence-corrected chi connectivity index (χ0v) is 15.0. The van der Waals surface area contributed by atoms with Gasteiger partial charge in [0.15, 0.2) is 18.1 Å². The maximum absolute atomic E-state index is 12.0. The maximum atomic E-state index is 12.0. The molecular formula is C19H22N2O5. The van der Waals surface area contributed by atoms with Crippen LogP contribution in [0.25, 0.3) is 0 Å². The Bertz CT molecular complexity index is 761. The Morgan fingerprint density at radius 3 is 2.58 bits per heavy atom. The highest BCUT2D eigenvalue weighted by Crippen LogP contribution is 2.27. The van der Waals surface area contributed by atoms with Gasteiger partial charge in [0, 0.05) is 5.56 Å². The number of oxime groups is 1. The SMILES string of the molecule is CCOc1ccccc1NC(=O)CO/N=C\c1ccc(OC)c(OC)c1. The van der Waals surface area contributed by atoms with Crippen LogP contribution < -0.4 is 19.5 Å². The number of rotatable bonds is 9. The summed E-state index contributed by atoms with van der Waals surface area (Å²) in [6.45, 7) is 2.17. The van der Waals surface area contributed by atoms with Crippen LogP contribution in [0.1, 0.15) is 12.5 Å². The molecule has 0 saturated heterocycles. The van der Waals surface area contributed by atoms with E-state index in [1.807, 2.05) is 19.1 Å². The number of nitrogens with one attached hydrogen (secondary N) is 1. The van der Waals surface area contributed by atoms with E-state index in [9.17, 15) is 4.79 Å². The van der Waals surface area contributed by atoms with Crippen molar-refractivity contribution >= 4 is 17.8 Å². The second-order valence-electron chi connectivity index (χ2n) is 5.10. The quantitative estimate of drug-likeness (QED) is 0.550. The maximum Gasteiger partial charge on any atom is 0.265 e. The number of anilines is 1. The molecule has 2 aromatic rings. The van der Waals surface area contributed by atoms with Gasteiger partial charge >= 0.3 is 0 Å². The summed E-state index contributed by atoms with van der Waals surface area (Å²) in [4.78, 5) is 17.0. The van der Waals surface area contributed by atoms with Crippen molar-refractivity contribution in [2.75, 3.05) is 32.8 Å². The van der Waals surface area contributed by atoms with E-state index in [4.69, 9.17) is 19.0 Å². The van der Waals surface area contributed by atoms with Crippen molar-refractivity contribution in [1.29, 1.82) is 0 Å². The molecule has 0 fully saturated rings. The number of nitrogens with zero attached hydrogens (tertiary/aromatic N) is 1. The summed E-state index contributed by atoms with van der Waals surface area (Å²) >= 11 is 0. The lowest BCUT2D eigenvalue weighted by molar-refractivity contribution is -0.120. The average Bonchev–Trinajstić information content (AvgIpc) is 2.66. The number of hydrogen-bond donors (Lipinski definition) is 1. The molecule has 7 nitrogen and oxygen atoms in total. The number of hydrogen-bond acceptors (Lipinski definition) is 6. The average molecular weight is 358 g/mol. The van der Waals surface area contributed by atoms with Crippen molar-refractivity contribution in [3.05, 3.63) is 48.0 Å². The molecule has 0 aliphatic rings. The topological polar surface area (TPSA) is 78.4 Å². The number of carbonyl (C=O) groups is 1. The molecule has 138 valence electrons. The predicted molar refractivity (Wildman–Crippen MR) is 99.3 cm³/mol. The molecule has 0 heterocycles. The lowest BCUT2D eigenvalue weighted by atomic mass is 10.2. The van der Waals surface area contributed by atoms with E-state index in [2.05, 4.69) is 10.5 Å². The van der Waals surface area contributed by atoms with E-state index in [0.717, 1.165) is 5.56 Å². The molecule has 26 heavy (non-hydrogen) atoms. The third-order valence-corrected chi connectivity index (χ3v) is 3.34. The zero-order chi connectivity index (χ0) is 18.8. The first-order valence-corrected chi connectivity index (χ1v) is 8.07. The fourth-order valence-corrected chi connectivity index (χ4v) is 2.16. The Morgan fingerprint density at radius 1 is 1.08 bits per heavy atom. The zero-order valence-electron chi connectivity index (χ0n) is 15.0. The third-order valence-electron chi connectivity index (χ3n) is 3.34. The minimum atomic E-state index is -0.332. The molecule has 0 spiro atoms. The largest absolute Gasteiger partial charge is 0.493 e. The van der Waals surface area contributed by atoms with Crippen LogP contribution >= 0.6 is 0 Å². The Labute approximate surface area is 152 Å². The summed E-state index contributed by atoms with van der Waals surface area (Å²) in [6.07, 6.45) is 1.49. The van der Waals surface area contributed by atoms with Crippen molar-refractivity contribution in [1.82, 2.24) is 0 Å². The second kappa shape index (κ2) is 9.93. The Hall–Kier alpha value is -3.22. The summed E-state index contributed by atoms with van der Waals surface area (Å²) in [5.74, 6) is 1.48. The van der Waals surface area contributed by atoms with Gasteiger partial charge in [0.1, 0.15) is 5.75 Å². The van der Waals surface area contributed by atoms with Crippen LogP contribution in [0.15, 0.2) is 47.6 Å². The van der Waals surface area contributed by atoms with Crippen LogP contribution in [0.5, 0.6) is 17.2 Å². The van der Waals surface area contributed by atoms with Crippen molar-refractivity contribution < 1.29 is 23.8 Å². The normalized spacial score (nSPS) is 10.4. The van der Waals surface area contributed by atoms with Gasteiger partial charge in [-0.05, 0) is 37.3 Å². The van der Waals surface area contributed by atoms with Crippen molar-refractivity contribution in [3.8, 4) is 17.2 Å². The number of carbonyl (C=O) groups excluding carboxylic acids is 1. The first kappa shape index (κ1) is 19.1. The van der Waals surface area contributed by atoms with E-state index >= 15 is 0 Å². The molecule has 0 bridgehead atoms. The molecule has 2 aromatic carbocycles. The first-order valence-electron chi connectivity index (χ1n) is 8.07. The molecule has 0 aliphatic heterocycles. The Morgan fingerprint density at radius 2 is 1.85 bits per heavy atom. The van der Waals surface area contributed by atoms with Gasteiger partial charge in [-0.3, -0.25) is 4.79 Å². The number of amides is 1. The molecule has 0 aliphatic carbocycles. The molecule has 1 amide bonds. The van der Waals surface area contributed by atoms with E-state index in [0.29, 0.717) is 29.5 Å². The summed E-state index contributed by atoms with van der Waals surface area (Å²) in [5.41, 5.74) is 1.34. The third kappa shape index (κ3) is 5.41. The second-order valence-corrected chi connectivity index (χ2v) is 5.10. The van der Waals surface area contributed by atoms with Crippen molar-refractivity contribution in [2.24, 2.45) is 5.16 Å². The van der Waals surface area contributed by atoms with E-state index < -0.39 is 0 Å². The van der Waals surface area contributed by atoms with Gasteiger partial charge in [-0.2, -0.15) is 0 Å². The summed E-state index contributed by atoms with van der Waals surface area (Å²) in [5, 5.41) is 6.53. The van der Waals surface area contributed by atoms with Crippen LogP contribution in [0.4, 0.5) is 5.69 Å². The minimum Gasteiger partial charge on any atom is -0.493 e. The van der Waals surface area contributed by atoms with Gasteiger partial charge in [0.05, 0.1) is 32.7 Å². The van der Waals surface area contributed by atoms with Crippen molar-refractivity contribution in [2.45, 2.75) is 6.92 Å². The van der Waals surface area contributed by atoms with Crippen LogP contribution in [0.2, 0.25) is 0 Å². The summed E-state index contributed by atoms with van der Waals surface area (Å²) in [6, 6.07) is 12.5. The monoisotopic (exact) mass is 358 g/mol. The van der Waals surface area contributed by atoms with Gasteiger partial charge in [-0.15, -0.1) is 0 Å². The fourth-order valence-electron chi connectivity index (χ4n) is 2.16. The fraction of sp³-hybridized carbons (Fsp3) is 0.263. The van der Waals surface area contributed by atoms with Crippen LogP contribution in [0, 0.1) is 0 Å². The first-order chi connectivity index (χ1) is 12.7. The molecule has 7 heteroatoms. The molecular weight excluding hydrogens is 336 g/mol. The molecule has 0 radical (unpaired) electrons. The molecule has 0 unspecified atom stereocenters. The Balaban J connectivity index is 1.87. The Kier molecular flexibility index (Phi) is 7.30. The predicted octanol–water partition coefficient (Wildman–Crippen LogP) is 3.09. The van der Waals surface area contributed by atoms with Gasteiger partial charge in [0.2, 0.25) is 0 Å². The summed E-state index contributed by atoms with van der Waals surface area (Å²) < 4.78 is 15.8. The van der Waals surface area contributed by atoms with E-state index in [1.165, 1.54) is 6.21 Å². The lowest BCUT2D eigenvalue weighted by Crippen LogP contribution is -2.17. The molecule has 1 N–H and O–H groups in total.